The molecule has 5 N–H and O–H groups in total. The SMILES string of the molecule is NON.Oc1ccccc1. The van der Waals surface area contributed by atoms with Gasteiger partial charge in [0.2, 0.25) is 0 Å². The number of rotatable bonds is 0. The minimum atomic E-state index is 0.322. The van der Waals surface area contributed by atoms with Crippen LogP contribution in [0.2, 0.25) is 0 Å². The van der Waals surface area contributed by atoms with Crippen molar-refractivity contribution in [2.24, 2.45) is 11.8 Å². The van der Waals surface area contributed by atoms with Gasteiger partial charge in [0.25, 0.3) is 0 Å². The first-order chi connectivity index (χ1) is 4.81. The molecule has 4 heteroatoms. The quantitative estimate of drug-likeness (QED) is 0.450. The molecular formula is C6H10N2O2. The number of phenolic OH excluding ortho intramolecular Hbond substituents is 1. The van der Waals surface area contributed by atoms with Crippen molar-refractivity contribution in [2.75, 3.05) is 0 Å². The predicted octanol–water partition coefficient (Wildman–Crippen LogP) is 0.143. The van der Waals surface area contributed by atoms with Crippen LogP contribution in [0.5, 0.6) is 5.75 Å². The molecule has 0 spiro atoms. The Balaban J connectivity index is 0.000000236. The highest BCUT2D eigenvalue weighted by Gasteiger charge is 1.74. The van der Waals surface area contributed by atoms with Crippen LogP contribution < -0.4 is 11.8 Å². The van der Waals surface area contributed by atoms with Crippen molar-refractivity contribution in [3.05, 3.63) is 30.3 Å². The van der Waals surface area contributed by atoms with Crippen LogP contribution in [0.15, 0.2) is 30.3 Å². The molecule has 0 saturated heterocycles. The molecule has 0 saturated carbocycles. The van der Waals surface area contributed by atoms with Crippen LogP contribution in [0, 0.1) is 0 Å². The molecule has 0 amide bonds. The van der Waals surface area contributed by atoms with Gasteiger partial charge in [0.05, 0.1) is 0 Å². The molecule has 0 unspecified atom stereocenters. The monoisotopic (exact) mass is 142 g/mol. The third-order valence-electron chi connectivity index (χ3n) is 0.756. The largest absolute Gasteiger partial charge is 0.508 e. The predicted molar refractivity (Wildman–Crippen MR) is 37.6 cm³/mol. The summed E-state index contributed by atoms with van der Waals surface area (Å²) in [5.41, 5.74) is 0. The lowest BCUT2D eigenvalue weighted by Gasteiger charge is -1.82. The Morgan fingerprint density at radius 3 is 1.70 bits per heavy atom. The van der Waals surface area contributed by atoms with E-state index in [0.717, 1.165) is 0 Å². The standard InChI is InChI=1S/C6H6O.H4N2O/c7-6-4-2-1-3-5-6;1-3-2/h1-5,7H;1-2H2. The number of aromatic hydroxyl groups is 1. The van der Waals surface area contributed by atoms with Crippen LogP contribution in [-0.2, 0) is 4.94 Å². The van der Waals surface area contributed by atoms with Crippen molar-refractivity contribution in [3.63, 3.8) is 0 Å². The summed E-state index contributed by atoms with van der Waals surface area (Å²) < 4.78 is 0. The molecule has 0 radical (unpaired) electrons. The molecule has 0 atom stereocenters. The highest BCUT2D eigenvalue weighted by atomic mass is 16.7. The second-order valence-corrected chi connectivity index (χ2v) is 1.47. The van der Waals surface area contributed by atoms with Gasteiger partial charge in [0.1, 0.15) is 5.75 Å². The van der Waals surface area contributed by atoms with E-state index in [-0.39, 0.29) is 0 Å². The van der Waals surface area contributed by atoms with Gasteiger partial charge in [-0.2, -0.15) is 11.8 Å². The molecule has 4 nitrogen and oxygen atoms in total. The fourth-order valence-electron chi connectivity index (χ4n) is 0.428. The number of hydrogen-bond donors (Lipinski definition) is 3. The van der Waals surface area contributed by atoms with Gasteiger partial charge >= 0.3 is 0 Å². The van der Waals surface area contributed by atoms with Crippen molar-refractivity contribution in [2.45, 2.75) is 0 Å². The first kappa shape index (κ1) is 8.90. The zero-order valence-electron chi connectivity index (χ0n) is 5.40. The fraction of sp³-hybridized carbons (Fsp3) is 0. The summed E-state index contributed by atoms with van der Waals surface area (Å²) in [6.07, 6.45) is 0. The Labute approximate surface area is 58.9 Å². The van der Waals surface area contributed by atoms with Gasteiger partial charge in [-0.25, -0.2) is 4.94 Å². The molecule has 1 rings (SSSR count). The summed E-state index contributed by atoms with van der Waals surface area (Å²) in [6, 6.07) is 8.71. The van der Waals surface area contributed by atoms with Gasteiger partial charge in [-0.05, 0) is 12.1 Å². The lowest BCUT2D eigenvalue weighted by Crippen LogP contribution is -2.03. The molecule has 0 bridgehead atoms. The number of phenols is 1. The van der Waals surface area contributed by atoms with Crippen molar-refractivity contribution in [3.8, 4) is 5.75 Å². The average molecular weight is 142 g/mol. The van der Waals surface area contributed by atoms with Crippen molar-refractivity contribution in [1.29, 1.82) is 0 Å². The van der Waals surface area contributed by atoms with Crippen LogP contribution in [0.1, 0.15) is 0 Å². The van der Waals surface area contributed by atoms with E-state index in [9.17, 15) is 0 Å². The highest BCUT2D eigenvalue weighted by Crippen LogP contribution is 2.02. The molecule has 0 aromatic heterocycles. The molecule has 10 heavy (non-hydrogen) atoms. The summed E-state index contributed by atoms with van der Waals surface area (Å²) in [6.45, 7) is 0. The third kappa shape index (κ3) is 5.04. The fourth-order valence-corrected chi connectivity index (χ4v) is 0.428. The van der Waals surface area contributed by atoms with Crippen LogP contribution in [0.3, 0.4) is 0 Å². The molecular weight excluding hydrogens is 132 g/mol. The van der Waals surface area contributed by atoms with Crippen LogP contribution in [0.4, 0.5) is 0 Å². The number of hydrogen-bond acceptors (Lipinski definition) is 4. The Morgan fingerprint density at radius 1 is 1.10 bits per heavy atom. The molecule has 0 aliphatic carbocycles. The van der Waals surface area contributed by atoms with Crippen LogP contribution >= 0.6 is 0 Å². The Bertz CT molecular complexity index is 155. The van der Waals surface area contributed by atoms with E-state index in [1.165, 1.54) is 0 Å². The van der Waals surface area contributed by atoms with E-state index in [1.807, 2.05) is 6.07 Å². The first-order valence-corrected chi connectivity index (χ1v) is 2.61. The summed E-state index contributed by atoms with van der Waals surface area (Å²) in [5, 5.41) is 8.63. The zero-order chi connectivity index (χ0) is 7.82. The summed E-state index contributed by atoms with van der Waals surface area (Å²) in [5.74, 6) is 8.57. The summed E-state index contributed by atoms with van der Waals surface area (Å²) in [4.78, 5) is 3.25. The second-order valence-electron chi connectivity index (χ2n) is 1.47. The average Bonchev–Trinajstić information content (AvgIpc) is 1.91. The van der Waals surface area contributed by atoms with E-state index in [1.54, 1.807) is 24.3 Å². The van der Waals surface area contributed by atoms with Gasteiger partial charge in [-0.1, -0.05) is 18.2 Å². The van der Waals surface area contributed by atoms with Crippen molar-refractivity contribution >= 4 is 0 Å². The smallest absolute Gasteiger partial charge is 0.115 e. The van der Waals surface area contributed by atoms with Gasteiger partial charge in [-0.3, -0.25) is 0 Å². The Morgan fingerprint density at radius 2 is 1.50 bits per heavy atom. The summed E-state index contributed by atoms with van der Waals surface area (Å²) >= 11 is 0. The van der Waals surface area contributed by atoms with Gasteiger partial charge in [0, 0.05) is 0 Å². The van der Waals surface area contributed by atoms with E-state index in [0.29, 0.717) is 5.75 Å². The van der Waals surface area contributed by atoms with Crippen LogP contribution in [0.25, 0.3) is 0 Å². The molecule has 0 heterocycles. The topological polar surface area (TPSA) is 81.5 Å². The molecule has 0 fully saturated rings. The van der Waals surface area contributed by atoms with Gasteiger partial charge in [0.15, 0.2) is 0 Å². The lowest BCUT2D eigenvalue weighted by molar-refractivity contribution is 0.142. The minimum Gasteiger partial charge on any atom is -0.508 e. The van der Waals surface area contributed by atoms with E-state index in [4.69, 9.17) is 5.11 Å². The number of nitrogens with two attached hydrogens (primary N) is 2. The normalized spacial score (nSPS) is 7.80. The highest BCUT2D eigenvalue weighted by molar-refractivity contribution is 5.18. The van der Waals surface area contributed by atoms with Crippen molar-refractivity contribution < 1.29 is 10.0 Å². The van der Waals surface area contributed by atoms with Gasteiger partial charge < -0.3 is 5.11 Å². The van der Waals surface area contributed by atoms with E-state index < -0.39 is 0 Å². The van der Waals surface area contributed by atoms with E-state index in [2.05, 4.69) is 16.7 Å². The molecule has 0 aliphatic heterocycles. The molecule has 0 aliphatic rings. The van der Waals surface area contributed by atoms with Gasteiger partial charge in [-0.15, -0.1) is 0 Å². The molecule has 1 aromatic carbocycles. The van der Waals surface area contributed by atoms with Crippen molar-refractivity contribution in [1.82, 2.24) is 0 Å². The molecule has 1 aromatic rings. The lowest BCUT2D eigenvalue weighted by atomic mass is 10.3. The maximum absolute atomic E-state index is 8.63. The third-order valence-corrected chi connectivity index (χ3v) is 0.756. The maximum atomic E-state index is 8.63. The maximum Gasteiger partial charge on any atom is 0.115 e. The Hall–Kier alpha value is -1.10. The zero-order valence-corrected chi connectivity index (χ0v) is 5.40. The summed E-state index contributed by atoms with van der Waals surface area (Å²) in [7, 11) is 0. The second kappa shape index (κ2) is 6.03. The van der Waals surface area contributed by atoms with E-state index >= 15 is 0 Å². The van der Waals surface area contributed by atoms with Crippen LogP contribution in [-0.4, -0.2) is 5.11 Å². The molecule has 56 valence electrons. The Kier molecular flexibility index (Phi) is 5.36. The first-order valence-electron chi connectivity index (χ1n) is 2.61. The number of benzene rings is 1. The minimum absolute atomic E-state index is 0.322. The number of para-hydroxylation sites is 1.